The molecule has 1 rings (SSSR count). The van der Waals surface area contributed by atoms with Crippen molar-refractivity contribution in [2.75, 3.05) is 7.11 Å². The van der Waals surface area contributed by atoms with E-state index < -0.39 is 0 Å². The zero-order chi connectivity index (χ0) is 11.8. The minimum absolute atomic E-state index is 0.242. The van der Waals surface area contributed by atoms with Crippen LogP contribution in [-0.4, -0.2) is 7.11 Å². The van der Waals surface area contributed by atoms with Gasteiger partial charge < -0.3 is 4.74 Å². The first-order chi connectivity index (χ1) is 7.79. The zero-order valence-electron chi connectivity index (χ0n) is 10.4. The number of allylic oxidation sites excluding steroid dienone is 1. The Balaban J connectivity index is 2.54. The Kier molecular flexibility index (Phi) is 5.87. The molecule has 1 aromatic carbocycles. The lowest BCUT2D eigenvalue weighted by molar-refractivity contribution is 0.0928. The van der Waals surface area contributed by atoms with E-state index in [1.54, 1.807) is 7.11 Å². The quantitative estimate of drug-likeness (QED) is 0.486. The molecular formula is C15H22O. The van der Waals surface area contributed by atoms with Crippen LogP contribution in [0.1, 0.15) is 42.9 Å². The van der Waals surface area contributed by atoms with Crippen LogP contribution in [0.25, 0.3) is 0 Å². The molecule has 0 aliphatic carbocycles. The van der Waals surface area contributed by atoms with Crippen molar-refractivity contribution in [1.29, 1.82) is 0 Å². The predicted octanol–water partition coefficient (Wildman–Crippen LogP) is 4.43. The summed E-state index contributed by atoms with van der Waals surface area (Å²) in [7, 11) is 1.80. The Morgan fingerprint density at radius 2 is 2.06 bits per heavy atom. The Morgan fingerprint density at radius 3 is 2.69 bits per heavy atom. The fraction of sp³-hybridized carbons (Fsp3) is 0.467. The molecule has 16 heavy (non-hydrogen) atoms. The lowest BCUT2D eigenvalue weighted by Crippen LogP contribution is -2.03. The smallest absolute Gasteiger partial charge is 0.0823 e. The van der Waals surface area contributed by atoms with Gasteiger partial charge in [0.25, 0.3) is 0 Å². The van der Waals surface area contributed by atoms with Gasteiger partial charge in [-0.2, -0.15) is 0 Å². The molecule has 0 heterocycles. The highest BCUT2D eigenvalue weighted by Gasteiger charge is 2.11. The van der Waals surface area contributed by atoms with E-state index in [2.05, 4.69) is 37.8 Å². The van der Waals surface area contributed by atoms with Gasteiger partial charge in [-0.05, 0) is 37.3 Å². The zero-order valence-corrected chi connectivity index (χ0v) is 10.4. The molecule has 0 spiro atoms. The summed E-state index contributed by atoms with van der Waals surface area (Å²) in [5.41, 5.74) is 2.64. The molecule has 0 radical (unpaired) electrons. The summed E-state index contributed by atoms with van der Waals surface area (Å²) in [4.78, 5) is 0. The van der Waals surface area contributed by atoms with Gasteiger partial charge in [0.1, 0.15) is 0 Å². The predicted molar refractivity (Wildman–Crippen MR) is 69.6 cm³/mol. The average molecular weight is 218 g/mol. The topological polar surface area (TPSA) is 9.23 Å². The van der Waals surface area contributed by atoms with Crippen LogP contribution in [0.4, 0.5) is 0 Å². The second-order valence-electron chi connectivity index (χ2n) is 4.15. The van der Waals surface area contributed by atoms with Crippen LogP contribution < -0.4 is 0 Å². The van der Waals surface area contributed by atoms with Gasteiger partial charge >= 0.3 is 0 Å². The molecule has 0 fully saturated rings. The highest BCUT2D eigenvalue weighted by molar-refractivity contribution is 5.27. The highest BCUT2D eigenvalue weighted by Crippen LogP contribution is 2.25. The summed E-state index contributed by atoms with van der Waals surface area (Å²) in [6.07, 6.45) is 6.81. The number of benzene rings is 1. The van der Waals surface area contributed by atoms with Gasteiger partial charge in [0.2, 0.25) is 0 Å². The first-order valence-electron chi connectivity index (χ1n) is 5.98. The van der Waals surface area contributed by atoms with Crippen LogP contribution in [0, 0.1) is 6.92 Å². The second kappa shape index (κ2) is 7.24. The number of hydrogen-bond donors (Lipinski definition) is 0. The molecule has 0 amide bonds. The molecule has 1 atom stereocenters. The summed E-state index contributed by atoms with van der Waals surface area (Å²) < 4.78 is 5.57. The Hall–Kier alpha value is -1.08. The van der Waals surface area contributed by atoms with E-state index >= 15 is 0 Å². The Morgan fingerprint density at radius 1 is 1.31 bits per heavy atom. The van der Waals surface area contributed by atoms with Gasteiger partial charge in [0, 0.05) is 7.11 Å². The fourth-order valence-electron chi connectivity index (χ4n) is 1.97. The van der Waals surface area contributed by atoms with Crippen LogP contribution in [0.5, 0.6) is 0 Å². The van der Waals surface area contributed by atoms with Crippen molar-refractivity contribution in [3.05, 3.63) is 48.0 Å². The van der Waals surface area contributed by atoms with E-state index in [1.165, 1.54) is 24.0 Å². The summed E-state index contributed by atoms with van der Waals surface area (Å²) in [5, 5.41) is 0. The number of hydrogen-bond acceptors (Lipinski definition) is 1. The molecule has 0 saturated carbocycles. The lowest BCUT2D eigenvalue weighted by atomic mass is 9.99. The maximum Gasteiger partial charge on any atom is 0.0823 e. The van der Waals surface area contributed by atoms with Crippen molar-refractivity contribution in [3.8, 4) is 0 Å². The number of unbranched alkanes of at least 4 members (excludes halogenated alkanes) is 2. The highest BCUT2D eigenvalue weighted by atomic mass is 16.5. The minimum Gasteiger partial charge on any atom is -0.377 e. The maximum atomic E-state index is 5.57. The molecule has 1 nitrogen and oxygen atoms in total. The van der Waals surface area contributed by atoms with Crippen molar-refractivity contribution in [2.24, 2.45) is 0 Å². The third kappa shape index (κ3) is 3.82. The van der Waals surface area contributed by atoms with E-state index in [0.29, 0.717) is 0 Å². The standard InChI is InChI=1S/C15H22O/c1-4-5-6-7-12-15(16-3)14-11-9-8-10-13(14)2/h4,8-11,15H,1,5-7,12H2,2-3H3. The van der Waals surface area contributed by atoms with Gasteiger partial charge in [-0.1, -0.05) is 36.8 Å². The van der Waals surface area contributed by atoms with E-state index in [-0.39, 0.29) is 6.10 Å². The van der Waals surface area contributed by atoms with Gasteiger partial charge in [-0.3, -0.25) is 0 Å². The fourth-order valence-corrected chi connectivity index (χ4v) is 1.97. The lowest BCUT2D eigenvalue weighted by Gasteiger charge is -2.17. The van der Waals surface area contributed by atoms with Crippen molar-refractivity contribution in [1.82, 2.24) is 0 Å². The molecule has 0 aliphatic rings. The number of aryl methyl sites for hydroxylation is 1. The third-order valence-electron chi connectivity index (χ3n) is 2.94. The summed E-state index contributed by atoms with van der Waals surface area (Å²) >= 11 is 0. The molecule has 0 bridgehead atoms. The average Bonchev–Trinajstić information content (AvgIpc) is 2.31. The van der Waals surface area contributed by atoms with E-state index in [4.69, 9.17) is 4.74 Å². The summed E-state index contributed by atoms with van der Waals surface area (Å²) in [6, 6.07) is 8.46. The SMILES string of the molecule is C=CCCCCC(OC)c1ccccc1C. The Bertz CT molecular complexity index is 317. The monoisotopic (exact) mass is 218 g/mol. The van der Waals surface area contributed by atoms with Crippen LogP contribution >= 0.6 is 0 Å². The molecular weight excluding hydrogens is 196 g/mol. The summed E-state index contributed by atoms with van der Waals surface area (Å²) in [6.45, 7) is 5.88. The second-order valence-corrected chi connectivity index (χ2v) is 4.15. The molecule has 0 aliphatic heterocycles. The third-order valence-corrected chi connectivity index (χ3v) is 2.94. The molecule has 0 aromatic heterocycles. The number of rotatable bonds is 7. The van der Waals surface area contributed by atoms with E-state index in [0.717, 1.165) is 12.8 Å². The van der Waals surface area contributed by atoms with E-state index in [9.17, 15) is 0 Å². The van der Waals surface area contributed by atoms with Crippen LogP contribution in [0.3, 0.4) is 0 Å². The molecule has 1 heteroatoms. The van der Waals surface area contributed by atoms with Crippen LogP contribution in [-0.2, 0) is 4.74 Å². The van der Waals surface area contributed by atoms with Crippen LogP contribution in [0.2, 0.25) is 0 Å². The molecule has 0 saturated heterocycles. The van der Waals surface area contributed by atoms with Crippen molar-refractivity contribution in [3.63, 3.8) is 0 Å². The van der Waals surface area contributed by atoms with Crippen molar-refractivity contribution in [2.45, 2.75) is 38.7 Å². The molecule has 1 unspecified atom stereocenters. The van der Waals surface area contributed by atoms with Crippen LogP contribution in [0.15, 0.2) is 36.9 Å². The first kappa shape index (κ1) is 13.0. The normalized spacial score (nSPS) is 12.4. The molecule has 0 N–H and O–H groups in total. The van der Waals surface area contributed by atoms with Crippen molar-refractivity contribution < 1.29 is 4.74 Å². The van der Waals surface area contributed by atoms with Crippen molar-refractivity contribution >= 4 is 0 Å². The van der Waals surface area contributed by atoms with Gasteiger partial charge in [0.05, 0.1) is 6.10 Å². The number of methoxy groups -OCH3 is 1. The Labute approximate surface area is 99.1 Å². The summed E-state index contributed by atoms with van der Waals surface area (Å²) in [5.74, 6) is 0. The number of ether oxygens (including phenoxy) is 1. The van der Waals surface area contributed by atoms with E-state index in [1.807, 2.05) is 6.08 Å². The maximum absolute atomic E-state index is 5.57. The van der Waals surface area contributed by atoms with Gasteiger partial charge in [-0.15, -0.1) is 6.58 Å². The van der Waals surface area contributed by atoms with Gasteiger partial charge in [0.15, 0.2) is 0 Å². The molecule has 1 aromatic rings. The molecule has 88 valence electrons. The van der Waals surface area contributed by atoms with Gasteiger partial charge in [-0.25, -0.2) is 0 Å². The first-order valence-corrected chi connectivity index (χ1v) is 5.98. The minimum atomic E-state index is 0.242. The largest absolute Gasteiger partial charge is 0.377 e.